The molecule has 8 heteroatoms. The number of hydrogen-bond acceptors (Lipinski definition) is 3. The van der Waals surface area contributed by atoms with Gasteiger partial charge in [-0.1, -0.05) is 15.9 Å². The van der Waals surface area contributed by atoms with Crippen LogP contribution in [0.4, 0.5) is 15.8 Å². The highest BCUT2D eigenvalue weighted by Gasteiger charge is 2.17. The molecule has 0 saturated heterocycles. The van der Waals surface area contributed by atoms with Gasteiger partial charge in [0.25, 0.3) is 10.0 Å². The van der Waals surface area contributed by atoms with Crippen LogP contribution in [-0.2, 0) is 10.0 Å². The van der Waals surface area contributed by atoms with Crippen molar-refractivity contribution in [1.29, 1.82) is 0 Å². The van der Waals surface area contributed by atoms with E-state index in [2.05, 4.69) is 36.6 Å². The Kier molecular flexibility index (Phi) is 4.36. The smallest absolute Gasteiger partial charge is 0.261 e. The Morgan fingerprint density at radius 1 is 1.10 bits per heavy atom. The summed E-state index contributed by atoms with van der Waals surface area (Å²) in [5.74, 6) is -0.506. The third kappa shape index (κ3) is 3.31. The predicted molar refractivity (Wildman–Crippen MR) is 83.5 cm³/mol. The van der Waals surface area contributed by atoms with Gasteiger partial charge in [-0.05, 0) is 52.3 Å². The number of anilines is 2. The summed E-state index contributed by atoms with van der Waals surface area (Å²) in [5, 5.41) is 0. The van der Waals surface area contributed by atoms with Crippen molar-refractivity contribution in [3.8, 4) is 0 Å². The largest absolute Gasteiger partial charge is 0.397 e. The van der Waals surface area contributed by atoms with Gasteiger partial charge in [-0.25, -0.2) is 12.8 Å². The van der Waals surface area contributed by atoms with Gasteiger partial charge in [0.15, 0.2) is 0 Å². The molecule has 0 unspecified atom stereocenters. The van der Waals surface area contributed by atoms with Crippen molar-refractivity contribution in [2.45, 2.75) is 4.90 Å². The summed E-state index contributed by atoms with van der Waals surface area (Å²) in [5.41, 5.74) is 6.28. The zero-order valence-electron chi connectivity index (χ0n) is 9.90. The molecule has 0 saturated carbocycles. The minimum atomic E-state index is -3.83. The lowest BCUT2D eigenvalue weighted by atomic mass is 10.3. The lowest BCUT2D eigenvalue weighted by Gasteiger charge is -2.12. The second kappa shape index (κ2) is 5.71. The fourth-order valence-electron chi connectivity index (χ4n) is 1.51. The van der Waals surface area contributed by atoms with E-state index in [1.807, 2.05) is 0 Å². The summed E-state index contributed by atoms with van der Waals surface area (Å²) in [6.07, 6.45) is 0. The van der Waals surface area contributed by atoms with E-state index in [1.165, 1.54) is 12.1 Å². The lowest BCUT2D eigenvalue weighted by molar-refractivity contribution is 0.599. The second-order valence-electron chi connectivity index (χ2n) is 3.91. The van der Waals surface area contributed by atoms with Crippen LogP contribution in [0, 0.1) is 5.82 Å². The van der Waals surface area contributed by atoms with Crippen molar-refractivity contribution in [3.63, 3.8) is 0 Å². The molecule has 0 heterocycles. The van der Waals surface area contributed by atoms with Crippen molar-refractivity contribution >= 4 is 53.3 Å². The molecule has 4 nitrogen and oxygen atoms in total. The topological polar surface area (TPSA) is 72.2 Å². The maximum Gasteiger partial charge on any atom is 0.261 e. The quantitative estimate of drug-likeness (QED) is 0.738. The van der Waals surface area contributed by atoms with Gasteiger partial charge < -0.3 is 5.73 Å². The Morgan fingerprint density at radius 2 is 1.70 bits per heavy atom. The van der Waals surface area contributed by atoms with E-state index in [-0.39, 0.29) is 16.3 Å². The van der Waals surface area contributed by atoms with Crippen LogP contribution >= 0.6 is 31.9 Å². The van der Waals surface area contributed by atoms with E-state index in [9.17, 15) is 12.8 Å². The summed E-state index contributed by atoms with van der Waals surface area (Å²) in [4.78, 5) is -0.0480. The minimum absolute atomic E-state index is 0.0480. The van der Waals surface area contributed by atoms with Gasteiger partial charge in [0.1, 0.15) is 5.82 Å². The number of sulfonamides is 1. The lowest BCUT2D eigenvalue weighted by Crippen LogP contribution is -2.14. The molecule has 0 aliphatic heterocycles. The van der Waals surface area contributed by atoms with Gasteiger partial charge in [0.05, 0.1) is 16.3 Å². The van der Waals surface area contributed by atoms with Crippen LogP contribution in [0.5, 0.6) is 0 Å². The van der Waals surface area contributed by atoms with E-state index in [0.717, 1.165) is 12.1 Å². The number of rotatable bonds is 3. The summed E-state index contributed by atoms with van der Waals surface area (Å²) >= 11 is 6.49. The van der Waals surface area contributed by atoms with E-state index in [4.69, 9.17) is 5.73 Å². The van der Waals surface area contributed by atoms with Crippen molar-refractivity contribution in [3.05, 3.63) is 51.2 Å². The number of nitrogens with one attached hydrogen (secondary N) is 1. The van der Waals surface area contributed by atoms with Gasteiger partial charge in [0.2, 0.25) is 0 Å². The molecule has 2 rings (SSSR count). The highest BCUT2D eigenvalue weighted by atomic mass is 79.9. The molecule has 0 spiro atoms. The first-order valence-electron chi connectivity index (χ1n) is 5.32. The molecule has 0 radical (unpaired) electrons. The van der Waals surface area contributed by atoms with Crippen LogP contribution in [-0.4, -0.2) is 8.42 Å². The number of nitrogen functional groups attached to an aromatic ring is 1. The molecule has 2 aromatic carbocycles. The molecule has 0 fully saturated rings. The molecule has 3 N–H and O–H groups in total. The summed E-state index contributed by atoms with van der Waals surface area (Å²) in [7, 11) is -3.83. The Bertz CT molecular complexity index is 726. The van der Waals surface area contributed by atoms with Crippen LogP contribution in [0.1, 0.15) is 0 Å². The molecule has 0 aliphatic rings. The van der Waals surface area contributed by atoms with Crippen LogP contribution in [0.25, 0.3) is 0 Å². The number of nitrogens with two attached hydrogens (primary N) is 1. The van der Waals surface area contributed by atoms with Crippen molar-refractivity contribution in [1.82, 2.24) is 0 Å². The molecular formula is C12H9Br2FN2O2S. The monoisotopic (exact) mass is 422 g/mol. The zero-order chi connectivity index (χ0) is 14.9. The Balaban J connectivity index is 2.41. The highest BCUT2D eigenvalue weighted by Crippen LogP contribution is 2.34. The normalized spacial score (nSPS) is 11.3. The van der Waals surface area contributed by atoms with Crippen LogP contribution in [0.3, 0.4) is 0 Å². The molecule has 106 valence electrons. The van der Waals surface area contributed by atoms with Gasteiger partial charge in [0, 0.05) is 8.95 Å². The van der Waals surface area contributed by atoms with Crippen molar-refractivity contribution in [2.75, 3.05) is 10.5 Å². The Hall–Kier alpha value is -1.12. The van der Waals surface area contributed by atoms with Gasteiger partial charge in [-0.3, -0.25) is 4.72 Å². The van der Waals surface area contributed by atoms with E-state index in [0.29, 0.717) is 8.95 Å². The Morgan fingerprint density at radius 3 is 2.25 bits per heavy atom. The van der Waals surface area contributed by atoms with Gasteiger partial charge in [-0.2, -0.15) is 0 Å². The first-order valence-corrected chi connectivity index (χ1v) is 8.39. The third-order valence-corrected chi connectivity index (χ3v) is 4.89. The third-order valence-electron chi connectivity index (χ3n) is 2.45. The predicted octanol–water partition coefficient (Wildman–Crippen LogP) is 3.73. The average Bonchev–Trinajstić information content (AvgIpc) is 2.34. The van der Waals surface area contributed by atoms with Gasteiger partial charge in [-0.15, -0.1) is 0 Å². The van der Waals surface area contributed by atoms with E-state index in [1.54, 1.807) is 12.1 Å². The standard InChI is InChI=1S/C12H9Br2FN2O2S/c13-7-5-10(14)12(11(16)6-7)17-20(18,19)9-3-1-8(15)2-4-9/h1-6,17H,16H2. The summed E-state index contributed by atoms with van der Waals surface area (Å²) in [6, 6.07) is 7.76. The fourth-order valence-corrected chi connectivity index (χ4v) is 4.11. The van der Waals surface area contributed by atoms with E-state index < -0.39 is 15.8 Å². The molecule has 2 aromatic rings. The average molecular weight is 424 g/mol. The van der Waals surface area contributed by atoms with Gasteiger partial charge >= 0.3 is 0 Å². The number of hydrogen-bond donors (Lipinski definition) is 2. The molecule has 0 amide bonds. The SMILES string of the molecule is Nc1cc(Br)cc(Br)c1NS(=O)(=O)c1ccc(F)cc1. The molecular weight excluding hydrogens is 415 g/mol. The van der Waals surface area contributed by atoms with Crippen molar-refractivity contribution < 1.29 is 12.8 Å². The number of halogens is 3. The first kappa shape index (κ1) is 15.3. The maximum absolute atomic E-state index is 12.8. The van der Waals surface area contributed by atoms with Crippen LogP contribution < -0.4 is 10.5 Å². The maximum atomic E-state index is 12.8. The second-order valence-corrected chi connectivity index (χ2v) is 7.36. The Labute approximate surface area is 132 Å². The van der Waals surface area contributed by atoms with Crippen LogP contribution in [0.2, 0.25) is 0 Å². The fraction of sp³-hybridized carbons (Fsp3) is 0. The first-order chi connectivity index (χ1) is 9.29. The molecule has 0 aliphatic carbocycles. The summed E-state index contributed by atoms with van der Waals surface area (Å²) < 4.78 is 40.8. The molecule has 0 bridgehead atoms. The van der Waals surface area contributed by atoms with Crippen molar-refractivity contribution in [2.24, 2.45) is 0 Å². The molecule has 0 aromatic heterocycles. The molecule has 0 atom stereocenters. The highest BCUT2D eigenvalue weighted by molar-refractivity contribution is 9.11. The summed E-state index contributed by atoms with van der Waals surface area (Å²) in [6.45, 7) is 0. The van der Waals surface area contributed by atoms with Crippen LogP contribution in [0.15, 0.2) is 50.2 Å². The number of benzene rings is 2. The van der Waals surface area contributed by atoms with E-state index >= 15 is 0 Å². The molecule has 20 heavy (non-hydrogen) atoms. The minimum Gasteiger partial charge on any atom is -0.397 e. The zero-order valence-corrected chi connectivity index (χ0v) is 13.9.